The molecule has 7 nitrogen and oxygen atoms in total. The largest absolute Gasteiger partial charge is 0.411 e. The predicted octanol–water partition coefficient (Wildman–Crippen LogP) is 2.47. The van der Waals surface area contributed by atoms with Crippen molar-refractivity contribution in [2.45, 2.75) is 12.7 Å². The molecule has 0 aliphatic heterocycles. The van der Waals surface area contributed by atoms with Gasteiger partial charge in [-0.3, -0.25) is 9.59 Å². The maximum Gasteiger partial charge on any atom is 0.411 e. The molecule has 3 aromatic heterocycles. The van der Waals surface area contributed by atoms with E-state index in [1.54, 1.807) is 24.5 Å². The number of H-pyrrole nitrogens is 1. The Labute approximate surface area is 162 Å². The van der Waals surface area contributed by atoms with E-state index in [1.807, 2.05) is 6.07 Å². The third-order valence-electron chi connectivity index (χ3n) is 4.05. The third kappa shape index (κ3) is 5.32. The van der Waals surface area contributed by atoms with Gasteiger partial charge in [-0.1, -0.05) is 0 Å². The van der Waals surface area contributed by atoms with Crippen LogP contribution in [0.25, 0.3) is 28.2 Å². The van der Waals surface area contributed by atoms with Crippen molar-refractivity contribution in [1.82, 2.24) is 14.5 Å². The first-order valence-corrected chi connectivity index (χ1v) is 8.53. The fourth-order valence-electron chi connectivity index (χ4n) is 2.72. The highest BCUT2D eigenvalue weighted by molar-refractivity contribution is 5.95. The molecule has 0 saturated carbocycles. The highest BCUT2D eigenvalue weighted by Gasteiger charge is 2.27. The Morgan fingerprint density at radius 1 is 1.31 bits per heavy atom. The van der Waals surface area contributed by atoms with Gasteiger partial charge >= 0.3 is 6.18 Å². The van der Waals surface area contributed by atoms with Gasteiger partial charge in [-0.25, -0.2) is 4.98 Å². The first-order chi connectivity index (χ1) is 13.7. The summed E-state index contributed by atoms with van der Waals surface area (Å²) in [5.41, 5.74) is 7.42. The average molecular weight is 406 g/mol. The Hall–Kier alpha value is -3.40. The summed E-state index contributed by atoms with van der Waals surface area (Å²) >= 11 is 0. The quantitative estimate of drug-likeness (QED) is 0.465. The van der Waals surface area contributed by atoms with E-state index >= 15 is 0 Å². The van der Waals surface area contributed by atoms with Gasteiger partial charge in [0, 0.05) is 53.8 Å². The van der Waals surface area contributed by atoms with E-state index in [1.165, 1.54) is 22.9 Å². The molecule has 1 amide bonds. The normalized spacial score (nSPS) is 12.1. The maximum absolute atomic E-state index is 12.1. The van der Waals surface area contributed by atoms with Crippen LogP contribution in [0.4, 0.5) is 13.2 Å². The number of carbonyl (C=O) groups is 1. The predicted molar refractivity (Wildman–Crippen MR) is 101 cm³/mol. The number of aromatic amines is 1. The van der Waals surface area contributed by atoms with Crippen LogP contribution in [0, 0.1) is 0 Å². The Bertz CT molecular complexity index is 1120. The molecule has 0 spiro atoms. The van der Waals surface area contributed by atoms with Crippen molar-refractivity contribution in [3.05, 3.63) is 58.8 Å². The van der Waals surface area contributed by atoms with Crippen LogP contribution < -0.4 is 11.3 Å². The minimum absolute atomic E-state index is 0.0187. The van der Waals surface area contributed by atoms with E-state index in [-0.39, 0.29) is 18.7 Å². The summed E-state index contributed by atoms with van der Waals surface area (Å²) in [5, 5.41) is 0.742. The number of nitrogens with one attached hydrogen (secondary N) is 1. The topological polar surface area (TPSA) is 103 Å². The summed E-state index contributed by atoms with van der Waals surface area (Å²) in [4.78, 5) is 30.2. The molecule has 0 aliphatic carbocycles. The molecule has 10 heteroatoms. The van der Waals surface area contributed by atoms with E-state index in [0.29, 0.717) is 22.3 Å². The maximum atomic E-state index is 12.1. The van der Waals surface area contributed by atoms with E-state index in [0.717, 1.165) is 5.39 Å². The lowest BCUT2D eigenvalue weighted by molar-refractivity contribution is -0.174. The number of halogens is 3. The number of rotatable bonds is 7. The number of fused-ring (bicyclic) bond motifs is 1. The number of nitrogens with two attached hydrogens (primary N) is 1. The van der Waals surface area contributed by atoms with Gasteiger partial charge in [0.05, 0.1) is 6.61 Å². The van der Waals surface area contributed by atoms with Crippen molar-refractivity contribution in [1.29, 1.82) is 0 Å². The Kier molecular flexibility index (Phi) is 5.83. The molecule has 152 valence electrons. The first-order valence-electron chi connectivity index (χ1n) is 8.53. The van der Waals surface area contributed by atoms with Gasteiger partial charge in [-0.15, -0.1) is 0 Å². The van der Waals surface area contributed by atoms with Gasteiger partial charge in [-0.2, -0.15) is 13.2 Å². The molecule has 0 saturated heterocycles. The number of hydrogen-bond acceptors (Lipinski definition) is 4. The molecular weight excluding hydrogens is 389 g/mol. The molecule has 0 aliphatic rings. The monoisotopic (exact) mass is 406 g/mol. The van der Waals surface area contributed by atoms with Crippen LogP contribution >= 0.6 is 0 Å². The van der Waals surface area contributed by atoms with Crippen LogP contribution in [0.15, 0.2) is 47.7 Å². The van der Waals surface area contributed by atoms with Crippen LogP contribution in [0.1, 0.15) is 5.56 Å². The molecule has 3 heterocycles. The van der Waals surface area contributed by atoms with E-state index in [2.05, 4.69) is 14.7 Å². The Morgan fingerprint density at radius 3 is 2.83 bits per heavy atom. The van der Waals surface area contributed by atoms with Crippen LogP contribution in [0.3, 0.4) is 0 Å². The van der Waals surface area contributed by atoms with Gasteiger partial charge in [0.2, 0.25) is 5.91 Å². The van der Waals surface area contributed by atoms with Gasteiger partial charge in [-0.05, 0) is 23.8 Å². The zero-order valence-electron chi connectivity index (χ0n) is 15.1. The molecule has 0 unspecified atom stereocenters. The number of alkyl halides is 3. The van der Waals surface area contributed by atoms with Gasteiger partial charge < -0.3 is 20.0 Å². The molecule has 29 heavy (non-hydrogen) atoms. The van der Waals surface area contributed by atoms with Crippen LogP contribution in [-0.4, -0.2) is 39.8 Å². The van der Waals surface area contributed by atoms with Crippen molar-refractivity contribution >= 4 is 23.0 Å². The van der Waals surface area contributed by atoms with Crippen molar-refractivity contribution in [2.75, 3.05) is 13.2 Å². The summed E-state index contributed by atoms with van der Waals surface area (Å²) in [5.74, 6) is -0.580. The second kappa shape index (κ2) is 8.31. The lowest BCUT2D eigenvalue weighted by Gasteiger charge is -2.10. The Morgan fingerprint density at radius 2 is 2.10 bits per heavy atom. The number of nitrogens with zero attached hydrogens (tertiary/aromatic N) is 2. The smallest absolute Gasteiger partial charge is 0.370 e. The van der Waals surface area contributed by atoms with Crippen molar-refractivity contribution in [2.24, 2.45) is 5.73 Å². The van der Waals surface area contributed by atoms with Crippen molar-refractivity contribution in [3.63, 3.8) is 0 Å². The zero-order chi connectivity index (χ0) is 21.0. The molecule has 3 rings (SSSR count). The zero-order valence-corrected chi connectivity index (χ0v) is 15.1. The molecule has 3 N–H and O–H groups in total. The lowest BCUT2D eigenvalue weighted by atomic mass is 10.1. The van der Waals surface area contributed by atoms with Crippen LogP contribution in [0.5, 0.6) is 0 Å². The second-order valence-electron chi connectivity index (χ2n) is 6.22. The summed E-state index contributed by atoms with van der Waals surface area (Å²) in [6.45, 7) is -1.63. The number of primary amides is 1. The van der Waals surface area contributed by atoms with E-state index in [9.17, 15) is 22.8 Å². The second-order valence-corrected chi connectivity index (χ2v) is 6.22. The fraction of sp³-hybridized carbons (Fsp3) is 0.211. The minimum Gasteiger partial charge on any atom is -0.370 e. The molecule has 0 aromatic carbocycles. The summed E-state index contributed by atoms with van der Waals surface area (Å²) in [6, 6.07) is 4.75. The highest BCUT2D eigenvalue weighted by atomic mass is 19.4. The van der Waals surface area contributed by atoms with E-state index in [4.69, 9.17) is 5.73 Å². The molecule has 0 radical (unpaired) electrons. The minimum atomic E-state index is -4.41. The third-order valence-corrected chi connectivity index (χ3v) is 4.05. The summed E-state index contributed by atoms with van der Waals surface area (Å²) < 4.78 is 42.3. The number of amides is 1. The first kappa shape index (κ1) is 20.3. The van der Waals surface area contributed by atoms with Crippen LogP contribution in [0.2, 0.25) is 0 Å². The summed E-state index contributed by atoms with van der Waals surface area (Å²) in [7, 11) is 0. The number of hydrogen-bond donors (Lipinski definition) is 2. The lowest BCUT2D eigenvalue weighted by Crippen LogP contribution is -2.23. The highest BCUT2D eigenvalue weighted by Crippen LogP contribution is 2.25. The number of pyridine rings is 2. The average Bonchev–Trinajstić information content (AvgIpc) is 3.06. The fourth-order valence-corrected chi connectivity index (χ4v) is 2.72. The standard InChI is InChI=1S/C19H17F3N4O3/c20-19(21,22)11-29-6-5-26-10-13(2-4-17(26)28)14-7-15-12(1-3-16(23)27)8-24-18(15)25-9-14/h1-4,7-10H,5-6,11H2,(H2,23,27)(H,24,25)/b3-1+. The Balaban J connectivity index is 1.84. The van der Waals surface area contributed by atoms with Crippen LogP contribution in [-0.2, 0) is 16.1 Å². The number of carbonyl (C=O) groups excluding carboxylic acids is 1. The molecule has 0 fully saturated rings. The number of ether oxygens (including phenoxy) is 1. The SMILES string of the molecule is NC(=O)/C=C/c1c[nH]c2ncc(-c3ccc(=O)n(CCOCC(F)(F)F)c3)cc12. The molecule has 3 aromatic rings. The van der Waals surface area contributed by atoms with Gasteiger partial charge in [0.1, 0.15) is 12.3 Å². The van der Waals surface area contributed by atoms with Gasteiger partial charge in [0.25, 0.3) is 5.56 Å². The molecular formula is C19H17F3N4O3. The van der Waals surface area contributed by atoms with E-state index < -0.39 is 18.7 Å². The van der Waals surface area contributed by atoms with Crippen molar-refractivity contribution in [3.8, 4) is 11.1 Å². The molecule has 0 atom stereocenters. The van der Waals surface area contributed by atoms with Crippen molar-refractivity contribution < 1.29 is 22.7 Å². The molecule has 0 bridgehead atoms. The van der Waals surface area contributed by atoms with Gasteiger partial charge in [0.15, 0.2) is 0 Å². The summed E-state index contributed by atoms with van der Waals surface area (Å²) in [6.07, 6.45) is 3.20. The number of aromatic nitrogens is 3.